The highest BCUT2D eigenvalue weighted by Gasteiger charge is 2.33. The number of pyridine rings is 1. The Morgan fingerprint density at radius 3 is 2.75 bits per heavy atom. The highest BCUT2D eigenvalue weighted by Crippen LogP contribution is 2.32. The molecule has 5 heterocycles. The minimum Gasteiger partial charge on any atom is -0.338 e. The SMILES string of the molecule is Cc1nc(C2CCN(C(=O)c3ccc4n(c3=O)C[C@@H]3CNC[C@H]4C3)CC2)n[nH]1. The van der Waals surface area contributed by atoms with E-state index >= 15 is 0 Å². The van der Waals surface area contributed by atoms with E-state index < -0.39 is 0 Å². The van der Waals surface area contributed by atoms with Gasteiger partial charge in [-0.3, -0.25) is 14.7 Å². The van der Waals surface area contributed by atoms with E-state index in [2.05, 4.69) is 20.5 Å². The number of fused-ring (bicyclic) bond motifs is 4. The Morgan fingerprint density at radius 2 is 2.00 bits per heavy atom. The maximum absolute atomic E-state index is 13.1. The van der Waals surface area contributed by atoms with Gasteiger partial charge in [0.1, 0.15) is 11.4 Å². The fourth-order valence-corrected chi connectivity index (χ4v) is 5.01. The maximum Gasteiger partial charge on any atom is 0.263 e. The number of hydrogen-bond donors (Lipinski definition) is 2. The number of nitrogens with zero attached hydrogens (tertiary/aromatic N) is 4. The van der Waals surface area contributed by atoms with E-state index in [4.69, 9.17) is 0 Å². The number of rotatable bonds is 2. The van der Waals surface area contributed by atoms with Crippen LogP contribution in [0.15, 0.2) is 16.9 Å². The number of hydrogen-bond acceptors (Lipinski definition) is 5. The quantitative estimate of drug-likeness (QED) is 0.808. The van der Waals surface area contributed by atoms with Gasteiger partial charge < -0.3 is 14.8 Å². The summed E-state index contributed by atoms with van der Waals surface area (Å²) in [7, 11) is 0. The number of likely N-dealkylation sites (tertiary alicyclic amines) is 1. The molecule has 0 aromatic carbocycles. The molecular formula is C20H26N6O2. The van der Waals surface area contributed by atoms with Crippen LogP contribution in [0.3, 0.4) is 0 Å². The van der Waals surface area contributed by atoms with Gasteiger partial charge >= 0.3 is 0 Å². The van der Waals surface area contributed by atoms with Crippen molar-refractivity contribution in [3.05, 3.63) is 45.4 Å². The summed E-state index contributed by atoms with van der Waals surface area (Å²) in [5.41, 5.74) is 1.26. The van der Waals surface area contributed by atoms with Crippen molar-refractivity contribution < 1.29 is 4.79 Å². The summed E-state index contributed by atoms with van der Waals surface area (Å²) in [4.78, 5) is 32.4. The summed E-state index contributed by atoms with van der Waals surface area (Å²) in [5, 5.41) is 10.6. The second-order valence-corrected chi connectivity index (χ2v) is 8.39. The zero-order valence-electron chi connectivity index (χ0n) is 16.1. The van der Waals surface area contributed by atoms with Gasteiger partial charge in [-0.1, -0.05) is 0 Å². The Kier molecular flexibility index (Phi) is 4.30. The number of amides is 1. The molecule has 28 heavy (non-hydrogen) atoms. The molecular weight excluding hydrogens is 356 g/mol. The number of piperidine rings is 2. The molecule has 1 amide bonds. The number of aryl methyl sites for hydroxylation is 1. The highest BCUT2D eigenvalue weighted by atomic mass is 16.2. The van der Waals surface area contributed by atoms with Crippen LogP contribution in [0.2, 0.25) is 0 Å². The van der Waals surface area contributed by atoms with Gasteiger partial charge in [0.05, 0.1) is 0 Å². The molecule has 8 heteroatoms. The molecule has 2 aromatic rings. The molecule has 2 aromatic heterocycles. The first-order chi connectivity index (χ1) is 13.6. The lowest BCUT2D eigenvalue weighted by Gasteiger charge is -2.37. The van der Waals surface area contributed by atoms with Crippen LogP contribution in [-0.2, 0) is 6.54 Å². The fourth-order valence-electron chi connectivity index (χ4n) is 5.01. The van der Waals surface area contributed by atoms with Gasteiger partial charge in [-0.05, 0) is 50.8 Å². The van der Waals surface area contributed by atoms with Crippen LogP contribution < -0.4 is 10.9 Å². The fraction of sp³-hybridized carbons (Fsp3) is 0.600. The van der Waals surface area contributed by atoms with E-state index in [9.17, 15) is 9.59 Å². The Labute approximate surface area is 163 Å². The summed E-state index contributed by atoms with van der Waals surface area (Å²) < 4.78 is 1.86. The van der Waals surface area contributed by atoms with Gasteiger partial charge in [-0.2, -0.15) is 5.10 Å². The molecule has 0 aliphatic carbocycles. The highest BCUT2D eigenvalue weighted by molar-refractivity contribution is 5.94. The molecule has 0 radical (unpaired) electrons. The predicted octanol–water partition coefficient (Wildman–Crippen LogP) is 1.00. The number of aromatic nitrogens is 4. The summed E-state index contributed by atoms with van der Waals surface area (Å²) in [6, 6.07) is 3.74. The van der Waals surface area contributed by atoms with Crippen molar-refractivity contribution in [3.63, 3.8) is 0 Å². The number of nitrogens with one attached hydrogen (secondary N) is 2. The number of carbonyl (C=O) groups is 1. The van der Waals surface area contributed by atoms with Crippen molar-refractivity contribution in [3.8, 4) is 0 Å². The summed E-state index contributed by atoms with van der Waals surface area (Å²) in [6.45, 7) is 5.74. The lowest BCUT2D eigenvalue weighted by atomic mass is 9.84. The molecule has 2 bridgehead atoms. The molecule has 2 saturated heterocycles. The summed E-state index contributed by atoms with van der Waals surface area (Å²) in [6.07, 6.45) is 2.78. The van der Waals surface area contributed by atoms with E-state index in [0.717, 1.165) is 49.7 Å². The molecule has 0 saturated carbocycles. The largest absolute Gasteiger partial charge is 0.338 e. The molecule has 0 unspecified atom stereocenters. The van der Waals surface area contributed by atoms with Crippen molar-refractivity contribution in [1.82, 2.24) is 30.0 Å². The van der Waals surface area contributed by atoms with Crippen molar-refractivity contribution >= 4 is 5.91 Å². The van der Waals surface area contributed by atoms with Crippen LogP contribution in [0, 0.1) is 12.8 Å². The zero-order valence-corrected chi connectivity index (χ0v) is 16.1. The van der Waals surface area contributed by atoms with Gasteiger partial charge in [0.15, 0.2) is 5.82 Å². The van der Waals surface area contributed by atoms with Gasteiger partial charge in [-0.25, -0.2) is 4.98 Å². The first-order valence-corrected chi connectivity index (χ1v) is 10.2. The van der Waals surface area contributed by atoms with E-state index in [1.54, 1.807) is 6.07 Å². The zero-order chi connectivity index (χ0) is 19.3. The minimum absolute atomic E-state index is 0.120. The molecule has 0 spiro atoms. The lowest BCUT2D eigenvalue weighted by Crippen LogP contribution is -2.47. The van der Waals surface area contributed by atoms with Crippen molar-refractivity contribution in [2.24, 2.45) is 5.92 Å². The second-order valence-electron chi connectivity index (χ2n) is 8.39. The van der Waals surface area contributed by atoms with Crippen molar-refractivity contribution in [2.45, 2.75) is 44.6 Å². The van der Waals surface area contributed by atoms with Gasteiger partial charge in [0, 0.05) is 43.7 Å². The molecule has 5 rings (SSSR count). The predicted molar refractivity (Wildman–Crippen MR) is 103 cm³/mol. The Bertz CT molecular complexity index is 956. The molecule has 2 N–H and O–H groups in total. The first-order valence-electron chi connectivity index (χ1n) is 10.2. The average molecular weight is 382 g/mol. The summed E-state index contributed by atoms with van der Waals surface area (Å²) >= 11 is 0. The van der Waals surface area contributed by atoms with Crippen molar-refractivity contribution in [1.29, 1.82) is 0 Å². The third-order valence-corrected chi connectivity index (χ3v) is 6.50. The Hall–Kier alpha value is -2.48. The molecule has 3 aliphatic rings. The maximum atomic E-state index is 13.1. The smallest absolute Gasteiger partial charge is 0.263 e. The van der Waals surface area contributed by atoms with E-state index in [-0.39, 0.29) is 17.4 Å². The third kappa shape index (κ3) is 2.96. The Morgan fingerprint density at radius 1 is 1.18 bits per heavy atom. The molecule has 2 atom stereocenters. The second kappa shape index (κ2) is 6.84. The average Bonchev–Trinajstić information content (AvgIpc) is 3.15. The van der Waals surface area contributed by atoms with Crippen LogP contribution in [0.5, 0.6) is 0 Å². The van der Waals surface area contributed by atoms with E-state index in [1.807, 2.05) is 22.5 Å². The lowest BCUT2D eigenvalue weighted by molar-refractivity contribution is 0.0708. The Balaban J connectivity index is 1.34. The topological polar surface area (TPSA) is 95.9 Å². The van der Waals surface area contributed by atoms with Gasteiger partial charge in [0.2, 0.25) is 0 Å². The standard InChI is InChI=1S/C20H26N6O2/c1-12-22-18(24-23-12)14-4-6-25(7-5-14)19(27)16-2-3-17-15-8-13(9-21-10-15)11-26(17)20(16)28/h2-3,13-15,21H,4-11H2,1H3,(H,22,23,24)/t13-,15+/m0/s1. The van der Waals surface area contributed by atoms with Crippen LogP contribution in [-0.4, -0.2) is 56.7 Å². The normalized spacial score (nSPS) is 24.8. The molecule has 2 fully saturated rings. The first kappa shape index (κ1) is 17.6. The van der Waals surface area contributed by atoms with Gasteiger partial charge in [-0.15, -0.1) is 0 Å². The molecule has 8 nitrogen and oxygen atoms in total. The van der Waals surface area contributed by atoms with Gasteiger partial charge in [0.25, 0.3) is 11.5 Å². The van der Waals surface area contributed by atoms with E-state index in [1.165, 1.54) is 0 Å². The van der Waals surface area contributed by atoms with Crippen molar-refractivity contribution in [2.75, 3.05) is 26.2 Å². The van der Waals surface area contributed by atoms with E-state index in [0.29, 0.717) is 37.0 Å². The molecule has 148 valence electrons. The van der Waals surface area contributed by atoms with Crippen LogP contribution >= 0.6 is 0 Å². The van der Waals surface area contributed by atoms with Crippen LogP contribution in [0.1, 0.15) is 58.8 Å². The van der Waals surface area contributed by atoms with Crippen LogP contribution in [0.25, 0.3) is 0 Å². The summed E-state index contributed by atoms with van der Waals surface area (Å²) in [5.74, 6) is 2.64. The third-order valence-electron chi connectivity index (χ3n) is 6.50. The monoisotopic (exact) mass is 382 g/mol. The number of H-pyrrole nitrogens is 1. The number of carbonyl (C=O) groups excluding carboxylic acids is 1. The van der Waals surface area contributed by atoms with Crippen LogP contribution in [0.4, 0.5) is 0 Å². The molecule has 3 aliphatic heterocycles. The number of aromatic amines is 1. The minimum atomic E-state index is -0.140.